The summed E-state index contributed by atoms with van der Waals surface area (Å²) in [4.78, 5) is 22.9. The molecule has 5 nitrogen and oxygen atoms in total. The number of carboxylic acids is 1. The summed E-state index contributed by atoms with van der Waals surface area (Å²) < 4.78 is 0. The minimum Gasteiger partial charge on any atom is -0.481 e. The summed E-state index contributed by atoms with van der Waals surface area (Å²) in [6, 6.07) is 9.36. The first-order valence-corrected chi connectivity index (χ1v) is 7.80. The van der Waals surface area contributed by atoms with Crippen molar-refractivity contribution in [3.63, 3.8) is 0 Å². The van der Waals surface area contributed by atoms with Crippen molar-refractivity contribution in [3.05, 3.63) is 35.9 Å². The number of hydrazone groups is 1. The van der Waals surface area contributed by atoms with Crippen molar-refractivity contribution in [2.75, 3.05) is 0 Å². The summed E-state index contributed by atoms with van der Waals surface area (Å²) in [5.74, 6) is -0.889. The smallest absolute Gasteiger partial charge is 0.303 e. The van der Waals surface area contributed by atoms with Crippen LogP contribution in [0.15, 0.2) is 35.4 Å². The Morgan fingerprint density at radius 3 is 2.41 bits per heavy atom. The second-order valence-electron chi connectivity index (χ2n) is 5.63. The summed E-state index contributed by atoms with van der Waals surface area (Å²) in [6.07, 6.45) is 5.49. The van der Waals surface area contributed by atoms with E-state index in [0.29, 0.717) is 12.1 Å². The zero-order valence-electron chi connectivity index (χ0n) is 12.6. The third-order valence-electron chi connectivity index (χ3n) is 3.96. The highest BCUT2D eigenvalue weighted by Gasteiger charge is 2.20. The molecule has 2 N–H and O–H groups in total. The Labute approximate surface area is 130 Å². The number of carbonyl (C=O) groups is 2. The number of amides is 1. The molecule has 0 unspecified atom stereocenters. The molecule has 1 aliphatic rings. The molecule has 118 valence electrons. The normalized spacial score (nSPS) is 16.3. The highest BCUT2D eigenvalue weighted by Crippen LogP contribution is 2.23. The van der Waals surface area contributed by atoms with Crippen LogP contribution in [-0.2, 0) is 9.59 Å². The fourth-order valence-corrected chi connectivity index (χ4v) is 2.70. The van der Waals surface area contributed by atoms with Crippen LogP contribution in [0.3, 0.4) is 0 Å². The van der Waals surface area contributed by atoms with Gasteiger partial charge in [-0.05, 0) is 18.4 Å². The van der Waals surface area contributed by atoms with E-state index in [9.17, 15) is 9.59 Å². The number of aliphatic carboxylic acids is 1. The van der Waals surface area contributed by atoms with E-state index >= 15 is 0 Å². The largest absolute Gasteiger partial charge is 0.481 e. The zero-order valence-corrected chi connectivity index (χ0v) is 12.6. The van der Waals surface area contributed by atoms with E-state index in [1.165, 1.54) is 6.42 Å². The summed E-state index contributed by atoms with van der Waals surface area (Å²) in [6.45, 7) is 0. The molecule has 0 saturated heterocycles. The molecule has 1 aromatic rings. The van der Waals surface area contributed by atoms with Crippen molar-refractivity contribution in [3.8, 4) is 0 Å². The number of nitrogens with one attached hydrogen (secondary N) is 1. The maximum absolute atomic E-state index is 12.1. The summed E-state index contributed by atoms with van der Waals surface area (Å²) >= 11 is 0. The standard InChI is InChI=1S/C17H22N2O3/c20-16(21)12-11-15(13-7-3-1-4-8-13)18-19-17(22)14-9-5-2-6-10-14/h1,3-4,7-8,14H,2,5-6,9-12H2,(H,19,22)(H,20,21)/b18-15+. The SMILES string of the molecule is O=C(O)CC/C(=N\NC(=O)C1CCCCC1)c1ccccc1. The topological polar surface area (TPSA) is 78.8 Å². The Morgan fingerprint density at radius 2 is 1.77 bits per heavy atom. The van der Waals surface area contributed by atoms with Gasteiger partial charge in [0.05, 0.1) is 12.1 Å². The first-order valence-electron chi connectivity index (χ1n) is 7.80. The fraction of sp³-hybridized carbons (Fsp3) is 0.471. The lowest BCUT2D eigenvalue weighted by Crippen LogP contribution is -2.29. The summed E-state index contributed by atoms with van der Waals surface area (Å²) in [5, 5.41) is 13.0. The third-order valence-corrected chi connectivity index (χ3v) is 3.96. The van der Waals surface area contributed by atoms with Crippen LogP contribution in [0.25, 0.3) is 0 Å². The van der Waals surface area contributed by atoms with Crippen LogP contribution < -0.4 is 5.43 Å². The van der Waals surface area contributed by atoms with E-state index in [1.54, 1.807) is 0 Å². The zero-order chi connectivity index (χ0) is 15.8. The number of rotatable bonds is 6. The molecule has 2 rings (SSSR count). The molecule has 5 heteroatoms. The van der Waals surface area contributed by atoms with Crippen LogP contribution in [0.5, 0.6) is 0 Å². The number of carboxylic acid groups (broad SMARTS) is 1. The van der Waals surface area contributed by atoms with Crippen molar-refractivity contribution in [2.24, 2.45) is 11.0 Å². The first-order chi connectivity index (χ1) is 10.7. The summed E-state index contributed by atoms with van der Waals surface area (Å²) in [7, 11) is 0. The van der Waals surface area contributed by atoms with Gasteiger partial charge >= 0.3 is 5.97 Å². The molecular weight excluding hydrogens is 280 g/mol. The van der Waals surface area contributed by atoms with Gasteiger partial charge in [-0.25, -0.2) is 5.43 Å². The lowest BCUT2D eigenvalue weighted by Gasteiger charge is -2.19. The van der Waals surface area contributed by atoms with Crippen molar-refractivity contribution in [1.29, 1.82) is 0 Å². The van der Waals surface area contributed by atoms with Gasteiger partial charge in [0.1, 0.15) is 0 Å². The van der Waals surface area contributed by atoms with E-state index in [4.69, 9.17) is 5.11 Å². The molecule has 0 atom stereocenters. The number of hydrogen-bond acceptors (Lipinski definition) is 3. The van der Waals surface area contributed by atoms with Gasteiger partial charge in [-0.3, -0.25) is 9.59 Å². The van der Waals surface area contributed by atoms with Gasteiger partial charge in [0.2, 0.25) is 5.91 Å². The Kier molecular flexibility index (Phi) is 6.13. The predicted octanol–water partition coefficient (Wildman–Crippen LogP) is 2.95. The Balaban J connectivity index is 2.03. The molecule has 0 radical (unpaired) electrons. The van der Waals surface area contributed by atoms with Gasteiger partial charge in [-0.2, -0.15) is 5.10 Å². The van der Waals surface area contributed by atoms with E-state index in [-0.39, 0.29) is 18.2 Å². The molecule has 1 amide bonds. The number of nitrogens with zero attached hydrogens (tertiary/aromatic N) is 1. The summed E-state index contributed by atoms with van der Waals surface area (Å²) in [5.41, 5.74) is 4.08. The van der Waals surface area contributed by atoms with E-state index in [2.05, 4.69) is 10.5 Å². The van der Waals surface area contributed by atoms with E-state index in [0.717, 1.165) is 31.2 Å². The molecule has 1 saturated carbocycles. The maximum atomic E-state index is 12.1. The maximum Gasteiger partial charge on any atom is 0.303 e. The van der Waals surface area contributed by atoms with Gasteiger partial charge in [0.25, 0.3) is 0 Å². The second kappa shape index (κ2) is 8.32. The fourth-order valence-electron chi connectivity index (χ4n) is 2.70. The Hall–Kier alpha value is -2.17. The highest BCUT2D eigenvalue weighted by atomic mass is 16.4. The van der Waals surface area contributed by atoms with Gasteiger partial charge < -0.3 is 5.11 Å². The molecule has 1 aliphatic carbocycles. The quantitative estimate of drug-likeness (QED) is 0.626. The van der Waals surface area contributed by atoms with Crippen molar-refractivity contribution < 1.29 is 14.7 Å². The second-order valence-corrected chi connectivity index (χ2v) is 5.63. The Morgan fingerprint density at radius 1 is 1.09 bits per heavy atom. The van der Waals surface area contributed by atoms with Gasteiger partial charge in [-0.1, -0.05) is 49.6 Å². The number of carbonyl (C=O) groups excluding carboxylic acids is 1. The molecule has 0 spiro atoms. The molecule has 1 fully saturated rings. The van der Waals surface area contributed by atoms with Crippen molar-refractivity contribution in [2.45, 2.75) is 44.9 Å². The minimum atomic E-state index is -0.873. The average Bonchev–Trinajstić information content (AvgIpc) is 2.56. The van der Waals surface area contributed by atoms with E-state index in [1.807, 2.05) is 30.3 Å². The van der Waals surface area contributed by atoms with Crippen molar-refractivity contribution >= 4 is 17.6 Å². The molecule has 1 aromatic carbocycles. The number of benzene rings is 1. The monoisotopic (exact) mass is 302 g/mol. The predicted molar refractivity (Wildman–Crippen MR) is 84.6 cm³/mol. The van der Waals surface area contributed by atoms with Gasteiger partial charge in [-0.15, -0.1) is 0 Å². The molecule has 0 aliphatic heterocycles. The lowest BCUT2D eigenvalue weighted by atomic mass is 9.89. The van der Waals surface area contributed by atoms with Crippen LogP contribution >= 0.6 is 0 Å². The first kappa shape index (κ1) is 16.2. The third kappa shape index (κ3) is 4.98. The minimum absolute atomic E-state index is 0.00692. The molecule has 22 heavy (non-hydrogen) atoms. The lowest BCUT2D eigenvalue weighted by molar-refractivity contribution is -0.136. The van der Waals surface area contributed by atoms with Crippen LogP contribution in [0.4, 0.5) is 0 Å². The van der Waals surface area contributed by atoms with Crippen LogP contribution in [-0.4, -0.2) is 22.7 Å². The van der Waals surface area contributed by atoms with Gasteiger partial charge in [0.15, 0.2) is 0 Å². The van der Waals surface area contributed by atoms with Crippen LogP contribution in [0.2, 0.25) is 0 Å². The van der Waals surface area contributed by atoms with Crippen LogP contribution in [0, 0.1) is 5.92 Å². The molecule has 0 bridgehead atoms. The van der Waals surface area contributed by atoms with Gasteiger partial charge in [0, 0.05) is 12.3 Å². The van der Waals surface area contributed by atoms with Crippen molar-refractivity contribution in [1.82, 2.24) is 5.43 Å². The average molecular weight is 302 g/mol. The van der Waals surface area contributed by atoms with Crippen LogP contribution in [0.1, 0.15) is 50.5 Å². The molecule has 0 heterocycles. The van der Waals surface area contributed by atoms with E-state index < -0.39 is 5.97 Å². The molecular formula is C17H22N2O3. The molecule has 0 aromatic heterocycles. The number of hydrogen-bond donors (Lipinski definition) is 2. The highest BCUT2D eigenvalue weighted by molar-refractivity contribution is 6.02. The Bertz CT molecular complexity index is 534.